The van der Waals surface area contributed by atoms with Gasteiger partial charge in [0.05, 0.1) is 6.61 Å². The molecular formula is C18H21NO. The third-order valence-corrected chi connectivity index (χ3v) is 4.00. The Bertz CT molecular complexity index is 589. The van der Waals surface area contributed by atoms with Gasteiger partial charge in [-0.05, 0) is 42.5 Å². The van der Waals surface area contributed by atoms with E-state index < -0.39 is 0 Å². The van der Waals surface area contributed by atoms with Gasteiger partial charge in [0.25, 0.3) is 0 Å². The van der Waals surface area contributed by atoms with Crippen molar-refractivity contribution < 1.29 is 4.74 Å². The summed E-state index contributed by atoms with van der Waals surface area (Å²) in [6.07, 6.45) is 3.03. The van der Waals surface area contributed by atoms with Crippen molar-refractivity contribution in [3.63, 3.8) is 0 Å². The molecule has 1 heterocycles. The van der Waals surface area contributed by atoms with E-state index in [0.717, 1.165) is 31.6 Å². The number of aryl methyl sites for hydroxylation is 2. The molecule has 0 amide bonds. The lowest BCUT2D eigenvalue weighted by Crippen LogP contribution is -2.11. The van der Waals surface area contributed by atoms with Gasteiger partial charge >= 0.3 is 0 Å². The zero-order valence-electron chi connectivity index (χ0n) is 11.9. The van der Waals surface area contributed by atoms with Crippen LogP contribution >= 0.6 is 0 Å². The van der Waals surface area contributed by atoms with E-state index in [1.165, 1.54) is 22.3 Å². The molecule has 0 saturated carbocycles. The van der Waals surface area contributed by atoms with E-state index in [-0.39, 0.29) is 6.04 Å². The minimum Gasteiger partial charge on any atom is -0.493 e. The van der Waals surface area contributed by atoms with Gasteiger partial charge in [0.15, 0.2) is 0 Å². The molecule has 1 atom stereocenters. The largest absolute Gasteiger partial charge is 0.493 e. The quantitative estimate of drug-likeness (QED) is 0.919. The molecule has 2 aromatic rings. The van der Waals surface area contributed by atoms with Gasteiger partial charge in [-0.3, -0.25) is 0 Å². The zero-order chi connectivity index (χ0) is 13.9. The highest BCUT2D eigenvalue weighted by Crippen LogP contribution is 2.27. The molecule has 104 valence electrons. The fourth-order valence-electron chi connectivity index (χ4n) is 2.70. The standard InChI is InChI=1S/C18H21NO/c1-13-2-6-15(7-3-13)17(19)8-4-14-5-9-18-16(12-14)10-11-20-18/h2-3,5-7,9,12,17H,4,8,10-11,19H2,1H3. The topological polar surface area (TPSA) is 35.2 Å². The first-order valence-corrected chi connectivity index (χ1v) is 7.29. The summed E-state index contributed by atoms with van der Waals surface area (Å²) in [5.74, 6) is 1.05. The smallest absolute Gasteiger partial charge is 0.122 e. The van der Waals surface area contributed by atoms with Gasteiger partial charge < -0.3 is 10.5 Å². The van der Waals surface area contributed by atoms with Crippen molar-refractivity contribution in [3.8, 4) is 5.75 Å². The molecule has 1 unspecified atom stereocenters. The number of fused-ring (bicyclic) bond motifs is 1. The molecule has 0 saturated heterocycles. The SMILES string of the molecule is Cc1ccc(C(N)CCc2ccc3c(c2)CCO3)cc1. The summed E-state index contributed by atoms with van der Waals surface area (Å²) in [5, 5.41) is 0. The zero-order valence-corrected chi connectivity index (χ0v) is 11.9. The van der Waals surface area contributed by atoms with E-state index in [9.17, 15) is 0 Å². The van der Waals surface area contributed by atoms with Gasteiger partial charge in [0, 0.05) is 12.5 Å². The highest BCUT2D eigenvalue weighted by molar-refractivity contribution is 5.40. The summed E-state index contributed by atoms with van der Waals surface area (Å²) in [7, 11) is 0. The summed E-state index contributed by atoms with van der Waals surface area (Å²) in [4.78, 5) is 0. The fourth-order valence-corrected chi connectivity index (χ4v) is 2.70. The van der Waals surface area contributed by atoms with E-state index in [2.05, 4.69) is 49.4 Å². The highest BCUT2D eigenvalue weighted by Gasteiger charge is 2.12. The third kappa shape index (κ3) is 2.86. The van der Waals surface area contributed by atoms with Gasteiger partial charge in [-0.2, -0.15) is 0 Å². The molecule has 0 radical (unpaired) electrons. The van der Waals surface area contributed by atoms with Crippen molar-refractivity contribution in [1.82, 2.24) is 0 Å². The second-order valence-electron chi connectivity index (χ2n) is 5.60. The average Bonchev–Trinajstić information content (AvgIpc) is 2.93. The second-order valence-corrected chi connectivity index (χ2v) is 5.60. The third-order valence-electron chi connectivity index (χ3n) is 4.00. The summed E-state index contributed by atoms with van der Waals surface area (Å²) < 4.78 is 5.53. The van der Waals surface area contributed by atoms with Gasteiger partial charge in [0.2, 0.25) is 0 Å². The lowest BCUT2D eigenvalue weighted by molar-refractivity contribution is 0.357. The minimum atomic E-state index is 0.111. The number of hydrogen-bond donors (Lipinski definition) is 1. The molecule has 0 bridgehead atoms. The van der Waals surface area contributed by atoms with Crippen molar-refractivity contribution in [3.05, 3.63) is 64.7 Å². The first kappa shape index (κ1) is 13.2. The van der Waals surface area contributed by atoms with Crippen LogP contribution in [0.15, 0.2) is 42.5 Å². The molecule has 0 fully saturated rings. The summed E-state index contributed by atoms with van der Waals surface area (Å²) in [5.41, 5.74) is 11.5. The monoisotopic (exact) mass is 267 g/mol. The van der Waals surface area contributed by atoms with Crippen LogP contribution in [0, 0.1) is 6.92 Å². The van der Waals surface area contributed by atoms with E-state index in [0.29, 0.717) is 0 Å². The Hall–Kier alpha value is -1.80. The van der Waals surface area contributed by atoms with Crippen LogP contribution in [0.1, 0.15) is 34.7 Å². The predicted octanol–water partition coefficient (Wildman–Crippen LogP) is 3.56. The number of ether oxygens (including phenoxy) is 1. The van der Waals surface area contributed by atoms with Crippen molar-refractivity contribution in [2.75, 3.05) is 6.61 Å². The van der Waals surface area contributed by atoms with E-state index in [4.69, 9.17) is 10.5 Å². The Balaban J connectivity index is 1.63. The Labute approximate surface area is 120 Å². The first-order chi connectivity index (χ1) is 9.72. The first-order valence-electron chi connectivity index (χ1n) is 7.29. The Kier molecular flexibility index (Phi) is 3.75. The van der Waals surface area contributed by atoms with Crippen LogP contribution in [0.4, 0.5) is 0 Å². The van der Waals surface area contributed by atoms with Crippen LogP contribution in [-0.2, 0) is 12.8 Å². The predicted molar refractivity (Wildman–Crippen MR) is 82.1 cm³/mol. The van der Waals surface area contributed by atoms with Crippen LogP contribution < -0.4 is 10.5 Å². The van der Waals surface area contributed by atoms with Gasteiger partial charge in [0.1, 0.15) is 5.75 Å². The maximum Gasteiger partial charge on any atom is 0.122 e. The minimum absolute atomic E-state index is 0.111. The van der Waals surface area contributed by atoms with Crippen molar-refractivity contribution >= 4 is 0 Å². The van der Waals surface area contributed by atoms with Crippen LogP contribution in [0.5, 0.6) is 5.75 Å². The van der Waals surface area contributed by atoms with E-state index >= 15 is 0 Å². The summed E-state index contributed by atoms with van der Waals surface area (Å²) >= 11 is 0. The summed E-state index contributed by atoms with van der Waals surface area (Å²) in [6, 6.07) is 15.2. The molecular weight excluding hydrogens is 246 g/mol. The number of benzene rings is 2. The highest BCUT2D eigenvalue weighted by atomic mass is 16.5. The molecule has 0 aliphatic carbocycles. The van der Waals surface area contributed by atoms with Gasteiger partial charge in [-0.25, -0.2) is 0 Å². The molecule has 20 heavy (non-hydrogen) atoms. The molecule has 2 heteroatoms. The Morgan fingerprint density at radius 2 is 1.95 bits per heavy atom. The molecule has 2 aromatic carbocycles. The molecule has 0 aromatic heterocycles. The number of nitrogens with two attached hydrogens (primary N) is 1. The van der Waals surface area contributed by atoms with Crippen LogP contribution in [-0.4, -0.2) is 6.61 Å². The van der Waals surface area contributed by atoms with Crippen LogP contribution in [0.3, 0.4) is 0 Å². The number of rotatable bonds is 4. The Morgan fingerprint density at radius 3 is 2.75 bits per heavy atom. The fraction of sp³-hybridized carbons (Fsp3) is 0.333. The van der Waals surface area contributed by atoms with Crippen LogP contribution in [0.25, 0.3) is 0 Å². The summed E-state index contributed by atoms with van der Waals surface area (Å²) in [6.45, 7) is 2.92. The average molecular weight is 267 g/mol. The second kappa shape index (κ2) is 5.68. The molecule has 1 aliphatic heterocycles. The van der Waals surface area contributed by atoms with E-state index in [1.54, 1.807) is 0 Å². The Morgan fingerprint density at radius 1 is 1.15 bits per heavy atom. The molecule has 1 aliphatic rings. The maximum atomic E-state index is 6.28. The number of hydrogen-bond acceptors (Lipinski definition) is 2. The molecule has 2 N–H and O–H groups in total. The maximum absolute atomic E-state index is 6.28. The van der Waals surface area contributed by atoms with Gasteiger partial charge in [-0.15, -0.1) is 0 Å². The molecule has 0 spiro atoms. The van der Waals surface area contributed by atoms with Crippen LogP contribution in [0.2, 0.25) is 0 Å². The van der Waals surface area contributed by atoms with E-state index in [1.807, 2.05) is 0 Å². The molecule has 3 rings (SSSR count). The van der Waals surface area contributed by atoms with Gasteiger partial charge in [-0.1, -0.05) is 42.0 Å². The van der Waals surface area contributed by atoms with Crippen molar-refractivity contribution in [2.45, 2.75) is 32.2 Å². The van der Waals surface area contributed by atoms with Crippen molar-refractivity contribution in [2.24, 2.45) is 5.73 Å². The normalized spacial score (nSPS) is 14.7. The molecule has 2 nitrogen and oxygen atoms in total. The lowest BCUT2D eigenvalue weighted by atomic mass is 9.98. The van der Waals surface area contributed by atoms with Crippen molar-refractivity contribution in [1.29, 1.82) is 0 Å². The lowest BCUT2D eigenvalue weighted by Gasteiger charge is -2.12.